The highest BCUT2D eigenvalue weighted by molar-refractivity contribution is 5.94. The van der Waals surface area contributed by atoms with Crippen molar-refractivity contribution in [1.29, 1.82) is 0 Å². The molecule has 0 radical (unpaired) electrons. The first-order valence-corrected chi connectivity index (χ1v) is 10.5. The van der Waals surface area contributed by atoms with Crippen LogP contribution in [-0.2, 0) is 6.54 Å². The molecule has 0 bridgehead atoms. The van der Waals surface area contributed by atoms with Crippen molar-refractivity contribution in [1.82, 2.24) is 14.9 Å². The third-order valence-corrected chi connectivity index (χ3v) is 5.91. The first kappa shape index (κ1) is 20.7. The zero-order chi connectivity index (χ0) is 21.8. The number of nitrogens with zero attached hydrogens (tertiary/aromatic N) is 1. The molecule has 0 saturated heterocycles. The lowest BCUT2D eigenvalue weighted by Gasteiger charge is -2.29. The summed E-state index contributed by atoms with van der Waals surface area (Å²) in [7, 11) is 0. The van der Waals surface area contributed by atoms with Gasteiger partial charge in [-0.05, 0) is 42.7 Å². The van der Waals surface area contributed by atoms with Gasteiger partial charge in [0.05, 0.1) is 6.54 Å². The highest BCUT2D eigenvalue weighted by atomic mass is 16.3. The second-order valence-electron chi connectivity index (χ2n) is 7.96. The van der Waals surface area contributed by atoms with E-state index in [1.807, 2.05) is 24.3 Å². The molecule has 1 saturated carbocycles. The first-order valence-electron chi connectivity index (χ1n) is 10.5. The first-order chi connectivity index (χ1) is 15.0. The second kappa shape index (κ2) is 9.04. The van der Waals surface area contributed by atoms with Gasteiger partial charge >= 0.3 is 5.69 Å². The third kappa shape index (κ3) is 4.60. The third-order valence-electron chi connectivity index (χ3n) is 5.91. The zero-order valence-corrected chi connectivity index (χ0v) is 17.1. The molecule has 3 aromatic rings. The van der Waals surface area contributed by atoms with E-state index in [4.69, 9.17) is 0 Å². The second-order valence-corrected chi connectivity index (χ2v) is 7.96. The van der Waals surface area contributed by atoms with Crippen LogP contribution in [-0.4, -0.2) is 26.6 Å². The number of rotatable bonds is 5. The molecule has 1 aliphatic rings. The van der Waals surface area contributed by atoms with Crippen LogP contribution in [0.4, 0.5) is 0 Å². The topological polar surface area (TPSA) is 104 Å². The van der Waals surface area contributed by atoms with Crippen molar-refractivity contribution in [3.8, 4) is 5.75 Å². The van der Waals surface area contributed by atoms with Gasteiger partial charge in [0.15, 0.2) is 5.69 Å². The predicted octanol–water partition coefficient (Wildman–Crippen LogP) is 2.75. The van der Waals surface area contributed by atoms with Crippen LogP contribution in [0.1, 0.15) is 53.2 Å². The number of amides is 1. The molecule has 0 aliphatic heterocycles. The molecule has 0 spiro atoms. The molecule has 160 valence electrons. The van der Waals surface area contributed by atoms with Gasteiger partial charge in [0.25, 0.3) is 11.5 Å². The number of benzene rings is 2. The van der Waals surface area contributed by atoms with Crippen molar-refractivity contribution in [2.75, 3.05) is 0 Å². The summed E-state index contributed by atoms with van der Waals surface area (Å²) in [5, 5.41) is 13.2. The average Bonchev–Trinajstić information content (AvgIpc) is 2.81. The summed E-state index contributed by atoms with van der Waals surface area (Å²) in [5.41, 5.74) is 0.0396. The van der Waals surface area contributed by atoms with Crippen molar-refractivity contribution < 1.29 is 9.90 Å². The van der Waals surface area contributed by atoms with Crippen molar-refractivity contribution >= 4 is 5.91 Å². The lowest BCUT2D eigenvalue weighted by atomic mass is 9.82. The van der Waals surface area contributed by atoms with Gasteiger partial charge in [0.2, 0.25) is 5.75 Å². The van der Waals surface area contributed by atoms with Crippen LogP contribution < -0.4 is 16.6 Å². The monoisotopic (exact) mass is 419 g/mol. The van der Waals surface area contributed by atoms with Crippen LogP contribution in [0, 0.1) is 0 Å². The number of aromatic nitrogens is 2. The zero-order valence-electron chi connectivity index (χ0n) is 17.1. The van der Waals surface area contributed by atoms with Crippen LogP contribution in [0.5, 0.6) is 5.75 Å². The minimum atomic E-state index is -0.884. The Hall–Kier alpha value is -3.61. The Balaban J connectivity index is 1.44. The summed E-state index contributed by atoms with van der Waals surface area (Å²) in [6.45, 7) is 0.00790. The van der Waals surface area contributed by atoms with E-state index < -0.39 is 22.9 Å². The van der Waals surface area contributed by atoms with E-state index in [1.165, 1.54) is 5.56 Å². The van der Waals surface area contributed by atoms with E-state index in [0.717, 1.165) is 35.8 Å². The maximum absolute atomic E-state index is 12.7. The Labute approximate surface area is 179 Å². The van der Waals surface area contributed by atoms with Crippen LogP contribution in [0.25, 0.3) is 0 Å². The smallest absolute Gasteiger partial charge is 0.329 e. The fraction of sp³-hybridized carbons (Fsp3) is 0.292. The van der Waals surface area contributed by atoms with Gasteiger partial charge in [-0.3, -0.25) is 19.1 Å². The van der Waals surface area contributed by atoms with Gasteiger partial charge in [0.1, 0.15) is 0 Å². The molecule has 1 aliphatic carbocycles. The lowest BCUT2D eigenvalue weighted by Crippen LogP contribution is -2.42. The van der Waals surface area contributed by atoms with Crippen LogP contribution in [0.15, 0.2) is 70.3 Å². The van der Waals surface area contributed by atoms with Gasteiger partial charge in [-0.25, -0.2) is 4.79 Å². The molecule has 7 heteroatoms. The van der Waals surface area contributed by atoms with E-state index in [-0.39, 0.29) is 18.3 Å². The maximum atomic E-state index is 12.7. The van der Waals surface area contributed by atoms with Crippen LogP contribution >= 0.6 is 0 Å². The molecule has 0 unspecified atom stereocenters. The molecular weight excluding hydrogens is 394 g/mol. The molecule has 7 nitrogen and oxygen atoms in total. The maximum Gasteiger partial charge on any atom is 0.329 e. The summed E-state index contributed by atoms with van der Waals surface area (Å²) in [5.74, 6) is -0.919. The van der Waals surface area contributed by atoms with E-state index in [0.29, 0.717) is 5.92 Å². The molecule has 31 heavy (non-hydrogen) atoms. The minimum Gasteiger partial charge on any atom is -0.501 e. The Morgan fingerprint density at radius 2 is 1.58 bits per heavy atom. The Bertz CT molecular complexity index is 1160. The average molecular weight is 419 g/mol. The van der Waals surface area contributed by atoms with Gasteiger partial charge in [-0.1, -0.05) is 60.7 Å². The lowest BCUT2D eigenvalue weighted by molar-refractivity contribution is 0.0916. The van der Waals surface area contributed by atoms with Crippen LogP contribution in [0.2, 0.25) is 0 Å². The standard InChI is InChI=1S/C24H25N3O4/c28-21-20(26-24(31)27(23(21)30)15-16-7-3-1-4-8-16)22(29)25-19-13-11-18(12-14-19)17-9-5-2-6-10-17/h1-10,18-19,28H,11-15H2,(H,25,29)(H,26,31). The molecule has 0 atom stereocenters. The van der Waals surface area contributed by atoms with E-state index in [9.17, 15) is 19.5 Å². The fourth-order valence-corrected chi connectivity index (χ4v) is 4.19. The summed E-state index contributed by atoms with van der Waals surface area (Å²) < 4.78 is 0.881. The molecule has 4 rings (SSSR count). The van der Waals surface area contributed by atoms with Gasteiger partial charge in [-0.2, -0.15) is 0 Å². The van der Waals surface area contributed by atoms with Gasteiger partial charge in [-0.15, -0.1) is 0 Å². The van der Waals surface area contributed by atoms with Crippen LogP contribution in [0.3, 0.4) is 0 Å². The normalized spacial score (nSPS) is 18.5. The number of hydrogen-bond donors (Lipinski definition) is 3. The van der Waals surface area contributed by atoms with Crippen molar-refractivity contribution in [3.05, 3.63) is 98.3 Å². The summed E-state index contributed by atoms with van der Waals surface area (Å²) >= 11 is 0. The Morgan fingerprint density at radius 3 is 2.23 bits per heavy atom. The summed E-state index contributed by atoms with van der Waals surface area (Å²) in [6.07, 6.45) is 3.47. The fourth-order valence-electron chi connectivity index (χ4n) is 4.19. The van der Waals surface area contributed by atoms with E-state index in [1.54, 1.807) is 24.3 Å². The molecular formula is C24H25N3O4. The minimum absolute atomic E-state index is 0.00790. The Kier molecular flexibility index (Phi) is 6.02. The molecule has 3 N–H and O–H groups in total. The number of aromatic amines is 1. The number of hydrogen-bond acceptors (Lipinski definition) is 4. The van der Waals surface area contributed by atoms with Crippen molar-refractivity contribution in [2.24, 2.45) is 0 Å². The quantitative estimate of drug-likeness (QED) is 0.591. The SMILES string of the molecule is O=C(NC1CCC(c2ccccc2)CC1)c1[nH]c(=O)n(Cc2ccccc2)c(=O)c1O. The summed E-state index contributed by atoms with van der Waals surface area (Å²) in [4.78, 5) is 40.0. The van der Waals surface area contributed by atoms with E-state index in [2.05, 4.69) is 22.4 Å². The Morgan fingerprint density at radius 1 is 0.968 bits per heavy atom. The molecule has 2 aromatic carbocycles. The molecule has 1 fully saturated rings. The predicted molar refractivity (Wildman–Crippen MR) is 117 cm³/mol. The molecule has 1 heterocycles. The number of carbonyl (C=O) groups excluding carboxylic acids is 1. The van der Waals surface area contributed by atoms with E-state index >= 15 is 0 Å². The van der Waals surface area contributed by atoms with Gasteiger partial charge in [0, 0.05) is 6.04 Å². The number of nitrogens with one attached hydrogen (secondary N) is 2. The summed E-state index contributed by atoms with van der Waals surface area (Å²) in [6, 6.07) is 19.2. The molecule has 1 amide bonds. The van der Waals surface area contributed by atoms with Crippen molar-refractivity contribution in [2.45, 2.75) is 44.2 Å². The number of aromatic hydroxyl groups is 1. The number of carbonyl (C=O) groups is 1. The highest BCUT2D eigenvalue weighted by Gasteiger charge is 2.26. The molecule has 1 aromatic heterocycles. The highest BCUT2D eigenvalue weighted by Crippen LogP contribution is 2.32. The van der Waals surface area contributed by atoms with Crippen molar-refractivity contribution in [3.63, 3.8) is 0 Å². The largest absolute Gasteiger partial charge is 0.501 e. The van der Waals surface area contributed by atoms with Gasteiger partial charge < -0.3 is 10.4 Å². The number of H-pyrrole nitrogens is 1.